The van der Waals surface area contributed by atoms with Gasteiger partial charge in [-0.1, -0.05) is 11.6 Å². The average Bonchev–Trinajstić information content (AvgIpc) is 2.76. The van der Waals surface area contributed by atoms with Gasteiger partial charge in [0.05, 0.1) is 9.21 Å². The molecule has 0 spiro atoms. The molecule has 1 atom stereocenters. The highest BCUT2D eigenvalue weighted by Crippen LogP contribution is 2.26. The van der Waals surface area contributed by atoms with Gasteiger partial charge < -0.3 is 4.90 Å². The van der Waals surface area contributed by atoms with E-state index in [9.17, 15) is 4.79 Å². The fourth-order valence-corrected chi connectivity index (χ4v) is 3.54. The van der Waals surface area contributed by atoms with Crippen LogP contribution in [0.4, 0.5) is 0 Å². The van der Waals surface area contributed by atoms with Crippen molar-refractivity contribution >= 4 is 40.4 Å². The first-order valence-corrected chi connectivity index (χ1v) is 7.54. The number of nitrogens with zero attached hydrogens (tertiary/aromatic N) is 1. The lowest BCUT2D eigenvalue weighted by Crippen LogP contribution is -2.39. The summed E-state index contributed by atoms with van der Waals surface area (Å²) in [5.41, 5.74) is 0. The maximum absolute atomic E-state index is 12.2. The second-order valence-electron chi connectivity index (χ2n) is 4.34. The van der Waals surface area contributed by atoms with Crippen molar-refractivity contribution in [1.82, 2.24) is 4.90 Å². The van der Waals surface area contributed by atoms with Crippen LogP contribution in [0.1, 0.15) is 28.9 Å². The van der Waals surface area contributed by atoms with Crippen LogP contribution in [0.2, 0.25) is 4.34 Å². The molecule has 0 aromatic carbocycles. The standard InChI is InChI=1S/C12H15Cl2NOS/c13-6-5-9-2-1-7-15(8-9)12(16)10-3-4-11(14)17-10/h3-4,9H,1-2,5-8H2. The van der Waals surface area contributed by atoms with Crippen LogP contribution >= 0.6 is 34.5 Å². The molecule has 1 aromatic heterocycles. The first kappa shape index (κ1) is 13.2. The van der Waals surface area contributed by atoms with Gasteiger partial charge in [-0.25, -0.2) is 0 Å². The highest BCUT2D eigenvalue weighted by molar-refractivity contribution is 7.17. The van der Waals surface area contributed by atoms with Crippen LogP contribution in [-0.2, 0) is 0 Å². The minimum absolute atomic E-state index is 0.112. The lowest BCUT2D eigenvalue weighted by Gasteiger charge is -2.32. The Kier molecular flexibility index (Phi) is 4.71. The Morgan fingerprint density at radius 1 is 1.53 bits per heavy atom. The van der Waals surface area contributed by atoms with Crippen LogP contribution < -0.4 is 0 Å². The van der Waals surface area contributed by atoms with Gasteiger partial charge in [0.25, 0.3) is 5.91 Å². The summed E-state index contributed by atoms with van der Waals surface area (Å²) in [4.78, 5) is 14.9. The molecule has 1 unspecified atom stereocenters. The Morgan fingerprint density at radius 2 is 2.35 bits per heavy atom. The Morgan fingerprint density at radius 3 is 3.00 bits per heavy atom. The van der Waals surface area contributed by atoms with Gasteiger partial charge in [0.1, 0.15) is 0 Å². The minimum atomic E-state index is 0.112. The van der Waals surface area contributed by atoms with Crippen molar-refractivity contribution in [2.24, 2.45) is 5.92 Å². The van der Waals surface area contributed by atoms with Crippen LogP contribution in [0.5, 0.6) is 0 Å². The maximum atomic E-state index is 12.2. The van der Waals surface area contributed by atoms with E-state index in [0.717, 1.165) is 30.8 Å². The molecule has 0 bridgehead atoms. The van der Waals surface area contributed by atoms with Crippen LogP contribution in [0, 0.1) is 5.92 Å². The van der Waals surface area contributed by atoms with Gasteiger partial charge in [0.2, 0.25) is 0 Å². The molecule has 1 aliphatic heterocycles. The van der Waals surface area contributed by atoms with Gasteiger partial charge in [-0.15, -0.1) is 22.9 Å². The van der Waals surface area contributed by atoms with Crippen LogP contribution in [0.15, 0.2) is 12.1 Å². The molecule has 2 rings (SSSR count). The molecule has 0 radical (unpaired) electrons. The van der Waals surface area contributed by atoms with Crippen molar-refractivity contribution in [3.8, 4) is 0 Å². The van der Waals surface area contributed by atoms with E-state index in [-0.39, 0.29) is 5.91 Å². The van der Waals surface area contributed by atoms with Crippen molar-refractivity contribution in [3.63, 3.8) is 0 Å². The number of carbonyl (C=O) groups excluding carboxylic acids is 1. The quantitative estimate of drug-likeness (QED) is 0.774. The first-order valence-electron chi connectivity index (χ1n) is 5.81. The Bertz CT molecular complexity index is 392. The fourth-order valence-electron chi connectivity index (χ4n) is 2.22. The van der Waals surface area contributed by atoms with E-state index in [0.29, 0.717) is 16.1 Å². The molecule has 5 heteroatoms. The topological polar surface area (TPSA) is 20.3 Å². The molecule has 2 heterocycles. The van der Waals surface area contributed by atoms with E-state index < -0.39 is 0 Å². The smallest absolute Gasteiger partial charge is 0.263 e. The lowest BCUT2D eigenvalue weighted by molar-refractivity contribution is 0.0676. The highest BCUT2D eigenvalue weighted by Gasteiger charge is 2.24. The zero-order valence-corrected chi connectivity index (χ0v) is 11.8. The number of rotatable bonds is 3. The summed E-state index contributed by atoms with van der Waals surface area (Å²) in [6.45, 7) is 1.69. The van der Waals surface area contributed by atoms with Crippen LogP contribution in [-0.4, -0.2) is 29.8 Å². The summed E-state index contributed by atoms with van der Waals surface area (Å²) in [5.74, 6) is 1.35. The predicted molar refractivity (Wildman–Crippen MR) is 73.3 cm³/mol. The van der Waals surface area contributed by atoms with Crippen molar-refractivity contribution in [3.05, 3.63) is 21.3 Å². The molecule has 94 valence electrons. The monoisotopic (exact) mass is 291 g/mol. The number of amides is 1. The third-order valence-electron chi connectivity index (χ3n) is 3.11. The van der Waals surface area contributed by atoms with Crippen LogP contribution in [0.3, 0.4) is 0 Å². The lowest BCUT2D eigenvalue weighted by atomic mass is 9.95. The summed E-state index contributed by atoms with van der Waals surface area (Å²) in [6, 6.07) is 3.58. The molecule has 0 N–H and O–H groups in total. The van der Waals surface area contributed by atoms with E-state index >= 15 is 0 Å². The predicted octanol–water partition coefficient (Wildman–Crippen LogP) is 3.88. The molecule has 1 saturated heterocycles. The third-order valence-corrected chi connectivity index (χ3v) is 4.54. The van der Waals surface area contributed by atoms with Crippen molar-refractivity contribution in [2.75, 3.05) is 19.0 Å². The fraction of sp³-hybridized carbons (Fsp3) is 0.583. The number of thiophene rings is 1. The Hall–Kier alpha value is -0.250. The number of likely N-dealkylation sites (tertiary alicyclic amines) is 1. The molecule has 1 aromatic rings. The van der Waals surface area contributed by atoms with Crippen molar-refractivity contribution in [1.29, 1.82) is 0 Å². The van der Waals surface area contributed by atoms with Gasteiger partial charge in [-0.3, -0.25) is 4.79 Å². The van der Waals surface area contributed by atoms with Crippen LogP contribution in [0.25, 0.3) is 0 Å². The number of halogens is 2. The van der Waals surface area contributed by atoms with E-state index in [1.54, 1.807) is 12.1 Å². The second kappa shape index (κ2) is 6.07. The van der Waals surface area contributed by atoms with E-state index in [1.807, 2.05) is 4.90 Å². The van der Waals surface area contributed by atoms with Gasteiger partial charge in [0.15, 0.2) is 0 Å². The average molecular weight is 292 g/mol. The molecule has 1 fully saturated rings. The highest BCUT2D eigenvalue weighted by atomic mass is 35.5. The molecule has 0 aliphatic carbocycles. The number of hydrogen-bond donors (Lipinski definition) is 0. The van der Waals surface area contributed by atoms with E-state index in [2.05, 4.69) is 0 Å². The summed E-state index contributed by atoms with van der Waals surface area (Å²) in [5, 5.41) is 0. The van der Waals surface area contributed by atoms with Crippen molar-refractivity contribution in [2.45, 2.75) is 19.3 Å². The third kappa shape index (κ3) is 3.36. The summed E-state index contributed by atoms with van der Waals surface area (Å²) in [7, 11) is 0. The largest absolute Gasteiger partial charge is 0.338 e. The van der Waals surface area contributed by atoms with Gasteiger partial charge in [0, 0.05) is 19.0 Å². The molecule has 17 heavy (non-hydrogen) atoms. The number of piperidine rings is 1. The van der Waals surface area contributed by atoms with E-state index in [1.165, 1.54) is 17.8 Å². The van der Waals surface area contributed by atoms with Crippen molar-refractivity contribution < 1.29 is 4.79 Å². The number of hydrogen-bond acceptors (Lipinski definition) is 2. The zero-order valence-electron chi connectivity index (χ0n) is 9.49. The molecule has 1 amide bonds. The number of alkyl halides is 1. The molecular formula is C12H15Cl2NOS. The second-order valence-corrected chi connectivity index (χ2v) is 6.43. The molecule has 0 saturated carbocycles. The normalized spacial score (nSPS) is 20.6. The maximum Gasteiger partial charge on any atom is 0.263 e. The molecular weight excluding hydrogens is 277 g/mol. The molecule has 2 nitrogen and oxygen atoms in total. The van der Waals surface area contributed by atoms with E-state index in [4.69, 9.17) is 23.2 Å². The van der Waals surface area contributed by atoms with Gasteiger partial charge in [-0.2, -0.15) is 0 Å². The number of carbonyl (C=O) groups is 1. The van der Waals surface area contributed by atoms with Gasteiger partial charge >= 0.3 is 0 Å². The minimum Gasteiger partial charge on any atom is -0.338 e. The summed E-state index contributed by atoms with van der Waals surface area (Å²) in [6.07, 6.45) is 3.25. The summed E-state index contributed by atoms with van der Waals surface area (Å²) >= 11 is 13.0. The Balaban J connectivity index is 1.99. The van der Waals surface area contributed by atoms with Gasteiger partial charge in [-0.05, 0) is 37.3 Å². The first-order chi connectivity index (χ1) is 8.20. The SMILES string of the molecule is O=C(c1ccc(Cl)s1)N1CCCC(CCCl)C1. The summed E-state index contributed by atoms with van der Waals surface area (Å²) < 4.78 is 0.669. The molecule has 1 aliphatic rings. The Labute approximate surface area is 116 Å². The zero-order chi connectivity index (χ0) is 12.3.